The Kier molecular flexibility index (Phi) is 5.00. The number of amides is 1. The van der Waals surface area contributed by atoms with Crippen LogP contribution >= 0.6 is 0 Å². The number of carbonyl (C=O) groups is 1. The zero-order chi connectivity index (χ0) is 17.9. The molecule has 2 aromatic rings. The molecule has 26 heavy (non-hydrogen) atoms. The van der Waals surface area contributed by atoms with Gasteiger partial charge in [-0.25, -0.2) is 4.98 Å². The molecule has 1 aliphatic carbocycles. The molecule has 4 rings (SSSR count). The van der Waals surface area contributed by atoms with E-state index in [1.54, 1.807) is 0 Å². The second kappa shape index (κ2) is 7.56. The van der Waals surface area contributed by atoms with E-state index in [4.69, 9.17) is 4.98 Å². The van der Waals surface area contributed by atoms with Gasteiger partial charge >= 0.3 is 0 Å². The van der Waals surface area contributed by atoms with Crippen molar-refractivity contribution in [2.24, 2.45) is 5.92 Å². The van der Waals surface area contributed by atoms with E-state index < -0.39 is 0 Å². The number of rotatable bonds is 3. The largest absolute Gasteiger partial charge is 0.342 e. The molecule has 1 aromatic heterocycles. The van der Waals surface area contributed by atoms with Gasteiger partial charge in [-0.1, -0.05) is 37.1 Å². The predicted octanol–water partition coefficient (Wildman–Crippen LogP) is 4.35. The van der Waals surface area contributed by atoms with Crippen molar-refractivity contribution >= 4 is 5.91 Å². The summed E-state index contributed by atoms with van der Waals surface area (Å²) in [6.45, 7) is 3.82. The maximum Gasteiger partial charge on any atom is 0.225 e. The summed E-state index contributed by atoms with van der Waals surface area (Å²) in [5.41, 5.74) is 4.38. The van der Waals surface area contributed by atoms with Crippen LogP contribution in [0.1, 0.15) is 55.7 Å². The van der Waals surface area contributed by atoms with Crippen LogP contribution in [0.5, 0.6) is 0 Å². The molecule has 1 amide bonds. The molecule has 0 spiro atoms. The molecule has 4 heteroatoms. The molecule has 0 atom stereocenters. The van der Waals surface area contributed by atoms with Gasteiger partial charge in [-0.15, -0.1) is 0 Å². The highest BCUT2D eigenvalue weighted by Crippen LogP contribution is 2.32. The lowest BCUT2D eigenvalue weighted by molar-refractivity contribution is -0.136. The molecule has 0 unspecified atom stereocenters. The Labute approximate surface area is 155 Å². The van der Waals surface area contributed by atoms with Crippen LogP contribution < -0.4 is 0 Å². The van der Waals surface area contributed by atoms with Gasteiger partial charge in [-0.05, 0) is 38.2 Å². The van der Waals surface area contributed by atoms with Crippen molar-refractivity contribution in [1.82, 2.24) is 14.9 Å². The van der Waals surface area contributed by atoms with E-state index >= 15 is 0 Å². The summed E-state index contributed by atoms with van der Waals surface area (Å²) in [4.78, 5) is 24.1. The molecular formula is C22H27N3O. The van der Waals surface area contributed by atoms with E-state index in [0.29, 0.717) is 11.8 Å². The molecule has 1 saturated heterocycles. The van der Waals surface area contributed by atoms with Gasteiger partial charge in [-0.2, -0.15) is 0 Å². The monoisotopic (exact) mass is 349 g/mol. The van der Waals surface area contributed by atoms with Gasteiger partial charge in [0.25, 0.3) is 0 Å². The van der Waals surface area contributed by atoms with E-state index in [1.165, 1.54) is 18.4 Å². The number of nitrogens with zero attached hydrogens (tertiary/aromatic N) is 3. The summed E-state index contributed by atoms with van der Waals surface area (Å²) < 4.78 is 0. The van der Waals surface area contributed by atoms with Crippen molar-refractivity contribution in [3.8, 4) is 11.3 Å². The number of likely N-dealkylation sites (tertiary alicyclic amines) is 1. The van der Waals surface area contributed by atoms with Gasteiger partial charge in [0.05, 0.1) is 17.6 Å². The highest BCUT2D eigenvalue weighted by atomic mass is 16.2. The van der Waals surface area contributed by atoms with Gasteiger partial charge in [0.15, 0.2) is 0 Å². The zero-order valence-electron chi connectivity index (χ0n) is 15.5. The Hall–Kier alpha value is -2.23. The third kappa shape index (κ3) is 3.50. The first-order chi connectivity index (χ1) is 12.7. The van der Waals surface area contributed by atoms with Crippen molar-refractivity contribution in [2.75, 3.05) is 13.1 Å². The minimum Gasteiger partial charge on any atom is -0.342 e. The summed E-state index contributed by atoms with van der Waals surface area (Å²) in [6.07, 6.45) is 10.3. The van der Waals surface area contributed by atoms with E-state index in [9.17, 15) is 4.79 Å². The summed E-state index contributed by atoms with van der Waals surface area (Å²) in [7, 11) is 0. The molecule has 2 fully saturated rings. The van der Waals surface area contributed by atoms with Crippen molar-refractivity contribution in [2.45, 2.75) is 51.4 Å². The van der Waals surface area contributed by atoms with Crippen LogP contribution in [0.15, 0.2) is 36.7 Å². The molecule has 2 heterocycles. The lowest BCUT2D eigenvalue weighted by Crippen LogP contribution is -2.40. The minimum atomic E-state index is 0.288. The van der Waals surface area contributed by atoms with Crippen LogP contribution in [0.4, 0.5) is 0 Å². The Morgan fingerprint density at radius 3 is 2.50 bits per heavy atom. The standard InChI is InChI=1S/C22H27N3O/c1-16-6-2-5-9-19(16)21-15-23-14-20(24-21)17-10-12-25(13-11-17)22(26)18-7-3-4-8-18/h2,5-6,9,14-15,17-18H,3-4,7-8,10-13H2,1H3. The van der Waals surface area contributed by atoms with Crippen LogP contribution in [0.3, 0.4) is 0 Å². The molecule has 0 radical (unpaired) electrons. The fourth-order valence-electron chi connectivity index (χ4n) is 4.39. The highest BCUT2D eigenvalue weighted by molar-refractivity contribution is 5.79. The highest BCUT2D eigenvalue weighted by Gasteiger charge is 2.30. The molecule has 136 valence electrons. The molecule has 2 aliphatic rings. The van der Waals surface area contributed by atoms with Gasteiger partial charge in [-0.3, -0.25) is 9.78 Å². The number of hydrogen-bond donors (Lipinski definition) is 0. The maximum atomic E-state index is 12.6. The smallest absolute Gasteiger partial charge is 0.225 e. The number of benzene rings is 1. The SMILES string of the molecule is Cc1ccccc1-c1cncc(C2CCN(C(=O)C3CCCC3)CC2)n1. The van der Waals surface area contributed by atoms with Gasteiger partial charge in [0, 0.05) is 36.7 Å². The lowest BCUT2D eigenvalue weighted by Gasteiger charge is -2.33. The molecule has 0 bridgehead atoms. The minimum absolute atomic E-state index is 0.288. The van der Waals surface area contributed by atoms with Crippen LogP contribution in [0.2, 0.25) is 0 Å². The fraction of sp³-hybridized carbons (Fsp3) is 0.500. The average molecular weight is 349 g/mol. The van der Waals surface area contributed by atoms with Crippen LogP contribution in [0, 0.1) is 12.8 Å². The lowest BCUT2D eigenvalue weighted by atomic mass is 9.92. The van der Waals surface area contributed by atoms with Crippen LogP contribution in [-0.2, 0) is 4.79 Å². The average Bonchev–Trinajstić information content (AvgIpc) is 3.23. The molecular weight excluding hydrogens is 322 g/mol. The topological polar surface area (TPSA) is 46.1 Å². The second-order valence-corrected chi connectivity index (χ2v) is 7.73. The van der Waals surface area contributed by atoms with E-state index in [-0.39, 0.29) is 5.92 Å². The first-order valence-corrected chi connectivity index (χ1v) is 9.89. The number of hydrogen-bond acceptors (Lipinski definition) is 3. The number of aryl methyl sites for hydroxylation is 1. The summed E-state index contributed by atoms with van der Waals surface area (Å²) in [5.74, 6) is 1.08. The fourth-order valence-corrected chi connectivity index (χ4v) is 4.39. The van der Waals surface area contributed by atoms with Crippen molar-refractivity contribution in [3.63, 3.8) is 0 Å². The van der Waals surface area contributed by atoms with Crippen molar-refractivity contribution in [1.29, 1.82) is 0 Å². The molecule has 1 aromatic carbocycles. The molecule has 0 N–H and O–H groups in total. The Bertz CT molecular complexity index is 774. The molecule has 1 aliphatic heterocycles. The Morgan fingerprint density at radius 1 is 1.04 bits per heavy atom. The first-order valence-electron chi connectivity index (χ1n) is 9.89. The van der Waals surface area contributed by atoms with Crippen LogP contribution in [0.25, 0.3) is 11.3 Å². The van der Waals surface area contributed by atoms with Crippen LogP contribution in [-0.4, -0.2) is 33.9 Å². The third-order valence-corrected chi connectivity index (χ3v) is 6.00. The van der Waals surface area contributed by atoms with Gasteiger partial charge in [0.2, 0.25) is 5.91 Å². The van der Waals surface area contributed by atoms with E-state index in [2.05, 4.69) is 28.9 Å². The number of piperidine rings is 1. The van der Waals surface area contributed by atoms with Crippen molar-refractivity contribution in [3.05, 3.63) is 47.9 Å². The summed E-state index contributed by atoms with van der Waals surface area (Å²) in [5, 5.41) is 0. The Morgan fingerprint density at radius 2 is 1.77 bits per heavy atom. The summed E-state index contributed by atoms with van der Waals surface area (Å²) in [6, 6.07) is 8.31. The quantitative estimate of drug-likeness (QED) is 0.828. The van der Waals surface area contributed by atoms with E-state index in [0.717, 1.165) is 55.7 Å². The van der Waals surface area contributed by atoms with Gasteiger partial charge in [0.1, 0.15) is 0 Å². The molecule has 4 nitrogen and oxygen atoms in total. The third-order valence-electron chi connectivity index (χ3n) is 6.00. The van der Waals surface area contributed by atoms with Crippen molar-refractivity contribution < 1.29 is 4.79 Å². The zero-order valence-corrected chi connectivity index (χ0v) is 15.5. The maximum absolute atomic E-state index is 12.6. The second-order valence-electron chi connectivity index (χ2n) is 7.73. The number of aromatic nitrogens is 2. The Balaban J connectivity index is 1.44. The van der Waals surface area contributed by atoms with Gasteiger partial charge < -0.3 is 4.90 Å². The predicted molar refractivity (Wildman–Crippen MR) is 103 cm³/mol. The normalized spacial score (nSPS) is 19.0. The van der Waals surface area contributed by atoms with E-state index in [1.807, 2.05) is 24.5 Å². The molecule has 1 saturated carbocycles. The number of carbonyl (C=O) groups excluding carboxylic acids is 1. The first kappa shape index (κ1) is 17.2. The summed E-state index contributed by atoms with van der Waals surface area (Å²) >= 11 is 0.